The SMILES string of the molecule is COc1cccc(C(=O)Nc2ccccc2Cc2nc(-c3ccco3)no2)c1OC. The second-order valence-electron chi connectivity index (χ2n) is 6.32. The van der Waals surface area contributed by atoms with Crippen molar-refractivity contribution in [2.45, 2.75) is 6.42 Å². The Bertz CT molecular complexity index is 1150. The van der Waals surface area contributed by atoms with Crippen molar-refractivity contribution in [3.63, 3.8) is 0 Å². The maximum atomic E-state index is 12.9. The van der Waals surface area contributed by atoms with E-state index in [1.54, 1.807) is 36.6 Å². The van der Waals surface area contributed by atoms with E-state index in [1.165, 1.54) is 14.2 Å². The average Bonchev–Trinajstić information content (AvgIpc) is 3.46. The zero-order valence-corrected chi connectivity index (χ0v) is 16.4. The molecule has 2 heterocycles. The molecule has 2 aromatic heterocycles. The summed E-state index contributed by atoms with van der Waals surface area (Å²) >= 11 is 0. The number of hydrogen-bond donors (Lipinski definition) is 1. The number of rotatable bonds is 7. The molecule has 0 saturated heterocycles. The summed E-state index contributed by atoms with van der Waals surface area (Å²) in [5.41, 5.74) is 1.82. The zero-order valence-electron chi connectivity index (χ0n) is 16.4. The first-order valence-corrected chi connectivity index (χ1v) is 9.16. The van der Waals surface area contributed by atoms with Crippen LogP contribution in [0.25, 0.3) is 11.6 Å². The minimum Gasteiger partial charge on any atom is -0.493 e. The molecular weight excluding hydrogens is 386 g/mol. The molecule has 0 spiro atoms. The summed E-state index contributed by atoms with van der Waals surface area (Å²) in [6.45, 7) is 0. The number of amides is 1. The topological polar surface area (TPSA) is 99.6 Å². The molecule has 4 aromatic rings. The number of carbonyl (C=O) groups is 1. The fourth-order valence-electron chi connectivity index (χ4n) is 3.05. The summed E-state index contributed by atoms with van der Waals surface area (Å²) in [5, 5.41) is 6.86. The van der Waals surface area contributed by atoms with Crippen molar-refractivity contribution in [1.82, 2.24) is 10.1 Å². The van der Waals surface area contributed by atoms with Gasteiger partial charge in [-0.3, -0.25) is 4.79 Å². The molecule has 8 heteroatoms. The normalized spacial score (nSPS) is 10.6. The minimum absolute atomic E-state index is 0.319. The molecule has 0 aliphatic carbocycles. The van der Waals surface area contributed by atoms with E-state index < -0.39 is 0 Å². The Morgan fingerprint density at radius 3 is 2.67 bits per heavy atom. The largest absolute Gasteiger partial charge is 0.493 e. The summed E-state index contributed by atoms with van der Waals surface area (Å²) < 4.78 is 21.3. The molecule has 0 aliphatic rings. The van der Waals surface area contributed by atoms with Gasteiger partial charge in [0.15, 0.2) is 17.3 Å². The predicted octanol–water partition coefficient (Wildman–Crippen LogP) is 4.19. The Balaban J connectivity index is 1.56. The van der Waals surface area contributed by atoms with E-state index in [2.05, 4.69) is 15.5 Å². The van der Waals surface area contributed by atoms with Crippen LogP contribution in [0.2, 0.25) is 0 Å². The van der Waals surface area contributed by atoms with Crippen LogP contribution in [0.3, 0.4) is 0 Å². The predicted molar refractivity (Wildman–Crippen MR) is 109 cm³/mol. The van der Waals surface area contributed by atoms with E-state index in [0.29, 0.717) is 46.6 Å². The number of benzene rings is 2. The van der Waals surface area contributed by atoms with E-state index in [1.807, 2.05) is 24.3 Å². The number of para-hydroxylation sites is 2. The summed E-state index contributed by atoms with van der Waals surface area (Å²) in [6.07, 6.45) is 1.89. The average molecular weight is 405 g/mol. The number of hydrogen-bond acceptors (Lipinski definition) is 7. The van der Waals surface area contributed by atoms with Crippen LogP contribution in [0.1, 0.15) is 21.8 Å². The lowest BCUT2D eigenvalue weighted by Gasteiger charge is -2.14. The zero-order chi connectivity index (χ0) is 20.9. The van der Waals surface area contributed by atoms with Gasteiger partial charge < -0.3 is 23.7 Å². The van der Waals surface area contributed by atoms with Crippen molar-refractivity contribution in [3.8, 4) is 23.1 Å². The molecule has 0 bridgehead atoms. The van der Waals surface area contributed by atoms with Gasteiger partial charge in [0.25, 0.3) is 5.91 Å². The molecule has 152 valence electrons. The van der Waals surface area contributed by atoms with Crippen molar-refractivity contribution in [2.75, 3.05) is 19.5 Å². The van der Waals surface area contributed by atoms with Crippen molar-refractivity contribution < 1.29 is 23.2 Å². The molecule has 2 aromatic carbocycles. The van der Waals surface area contributed by atoms with Gasteiger partial charge in [0.2, 0.25) is 11.7 Å². The van der Waals surface area contributed by atoms with Crippen LogP contribution in [0.15, 0.2) is 69.8 Å². The van der Waals surface area contributed by atoms with Gasteiger partial charge in [0.05, 0.1) is 32.5 Å². The molecule has 0 fully saturated rings. The molecule has 0 unspecified atom stereocenters. The van der Waals surface area contributed by atoms with Crippen molar-refractivity contribution in [2.24, 2.45) is 0 Å². The van der Waals surface area contributed by atoms with E-state index >= 15 is 0 Å². The van der Waals surface area contributed by atoms with Crippen molar-refractivity contribution in [3.05, 3.63) is 77.9 Å². The number of methoxy groups -OCH3 is 2. The lowest BCUT2D eigenvalue weighted by Crippen LogP contribution is -2.15. The Hall–Kier alpha value is -4.07. The fourth-order valence-corrected chi connectivity index (χ4v) is 3.05. The van der Waals surface area contributed by atoms with Crippen LogP contribution >= 0.6 is 0 Å². The van der Waals surface area contributed by atoms with E-state index in [4.69, 9.17) is 18.4 Å². The second kappa shape index (κ2) is 8.52. The van der Waals surface area contributed by atoms with Crippen LogP contribution in [-0.4, -0.2) is 30.3 Å². The Kier molecular flexibility index (Phi) is 5.47. The lowest BCUT2D eigenvalue weighted by molar-refractivity contribution is 0.102. The first-order chi connectivity index (χ1) is 14.7. The molecular formula is C22H19N3O5. The first kappa shape index (κ1) is 19.3. The molecule has 0 aliphatic heterocycles. The summed E-state index contributed by atoms with van der Waals surface area (Å²) in [6, 6.07) is 16.1. The van der Waals surface area contributed by atoms with Crippen LogP contribution in [0, 0.1) is 0 Å². The van der Waals surface area contributed by atoms with Gasteiger partial charge in [-0.1, -0.05) is 29.4 Å². The molecule has 1 amide bonds. The first-order valence-electron chi connectivity index (χ1n) is 9.16. The number of ether oxygens (including phenoxy) is 2. The van der Waals surface area contributed by atoms with Crippen molar-refractivity contribution in [1.29, 1.82) is 0 Å². The van der Waals surface area contributed by atoms with Gasteiger partial charge in [-0.15, -0.1) is 0 Å². The van der Waals surface area contributed by atoms with Gasteiger partial charge in [-0.2, -0.15) is 4.98 Å². The van der Waals surface area contributed by atoms with E-state index in [-0.39, 0.29) is 5.91 Å². The highest BCUT2D eigenvalue weighted by atomic mass is 16.5. The second-order valence-corrected chi connectivity index (χ2v) is 6.32. The number of nitrogens with one attached hydrogen (secondary N) is 1. The molecule has 0 saturated carbocycles. The Morgan fingerprint density at radius 1 is 1.03 bits per heavy atom. The third kappa shape index (κ3) is 3.88. The van der Waals surface area contributed by atoms with Crippen LogP contribution in [0.4, 0.5) is 5.69 Å². The van der Waals surface area contributed by atoms with Crippen LogP contribution < -0.4 is 14.8 Å². The third-order valence-corrected chi connectivity index (χ3v) is 4.46. The molecule has 0 atom stereocenters. The maximum absolute atomic E-state index is 12.9. The highest BCUT2D eigenvalue weighted by Crippen LogP contribution is 2.31. The number of aromatic nitrogens is 2. The van der Waals surface area contributed by atoms with Gasteiger partial charge in [0.1, 0.15) is 0 Å². The van der Waals surface area contributed by atoms with Gasteiger partial charge in [-0.25, -0.2) is 0 Å². The maximum Gasteiger partial charge on any atom is 0.259 e. The summed E-state index contributed by atoms with van der Waals surface area (Å²) in [7, 11) is 3.02. The number of nitrogens with zero attached hydrogens (tertiary/aromatic N) is 2. The molecule has 1 N–H and O–H groups in total. The minimum atomic E-state index is -0.319. The van der Waals surface area contributed by atoms with Crippen molar-refractivity contribution >= 4 is 11.6 Å². The lowest BCUT2D eigenvalue weighted by atomic mass is 10.1. The highest BCUT2D eigenvalue weighted by molar-refractivity contribution is 6.07. The quantitative estimate of drug-likeness (QED) is 0.492. The van der Waals surface area contributed by atoms with Gasteiger partial charge in [-0.05, 0) is 35.9 Å². The Labute approximate surface area is 172 Å². The molecule has 0 radical (unpaired) electrons. The number of carbonyl (C=O) groups excluding carboxylic acids is 1. The van der Waals surface area contributed by atoms with E-state index in [0.717, 1.165) is 5.56 Å². The van der Waals surface area contributed by atoms with Gasteiger partial charge in [0, 0.05) is 5.69 Å². The van der Waals surface area contributed by atoms with Crippen LogP contribution in [0.5, 0.6) is 11.5 Å². The standard InChI is InChI=1S/C22H19N3O5/c1-27-17-10-5-8-15(20(17)28-2)22(26)23-16-9-4-3-7-14(16)13-19-24-21(25-30-19)18-11-6-12-29-18/h3-12H,13H2,1-2H3,(H,23,26). The molecule has 8 nitrogen and oxygen atoms in total. The van der Waals surface area contributed by atoms with Crippen LogP contribution in [-0.2, 0) is 6.42 Å². The van der Waals surface area contributed by atoms with E-state index in [9.17, 15) is 4.79 Å². The molecule has 30 heavy (non-hydrogen) atoms. The number of anilines is 1. The molecule has 4 rings (SSSR count). The number of furan rings is 1. The summed E-state index contributed by atoms with van der Waals surface area (Å²) in [5.74, 6) is 1.83. The van der Waals surface area contributed by atoms with Gasteiger partial charge >= 0.3 is 0 Å². The monoisotopic (exact) mass is 405 g/mol. The Morgan fingerprint density at radius 2 is 1.90 bits per heavy atom. The highest BCUT2D eigenvalue weighted by Gasteiger charge is 2.18. The summed E-state index contributed by atoms with van der Waals surface area (Å²) in [4.78, 5) is 17.3. The smallest absolute Gasteiger partial charge is 0.259 e. The fraction of sp³-hybridized carbons (Fsp3) is 0.136. The third-order valence-electron chi connectivity index (χ3n) is 4.46.